The first-order valence-corrected chi connectivity index (χ1v) is 10.7. The Kier molecular flexibility index (Phi) is 5.51. The zero-order chi connectivity index (χ0) is 21.9. The van der Waals surface area contributed by atoms with E-state index in [2.05, 4.69) is 69.8 Å². The first-order chi connectivity index (χ1) is 15.6. The van der Waals surface area contributed by atoms with Gasteiger partial charge in [0, 0.05) is 35.0 Å². The number of halogens is 1. The molecule has 0 aliphatic carbocycles. The van der Waals surface area contributed by atoms with Crippen molar-refractivity contribution in [1.29, 1.82) is 0 Å². The molecule has 160 valence electrons. The maximum Gasteiger partial charge on any atom is 0.294 e. The Morgan fingerprint density at radius 1 is 1.06 bits per heavy atom. The van der Waals surface area contributed by atoms with Crippen LogP contribution in [0.4, 0.5) is 23.3 Å². The number of benzene rings is 2. The van der Waals surface area contributed by atoms with Crippen molar-refractivity contribution >= 4 is 45.1 Å². The number of hydrogen-bond donors (Lipinski definition) is 2. The van der Waals surface area contributed by atoms with Crippen LogP contribution in [-0.2, 0) is 13.0 Å². The van der Waals surface area contributed by atoms with E-state index in [1.54, 1.807) is 12.1 Å². The van der Waals surface area contributed by atoms with Gasteiger partial charge in [-0.3, -0.25) is 4.79 Å². The van der Waals surface area contributed by atoms with Crippen molar-refractivity contribution in [1.82, 2.24) is 20.1 Å². The van der Waals surface area contributed by atoms with E-state index in [-0.39, 0.29) is 11.7 Å². The van der Waals surface area contributed by atoms with Crippen LogP contribution in [0.15, 0.2) is 70.1 Å². The number of fused-ring (bicyclic) bond motifs is 1. The summed E-state index contributed by atoms with van der Waals surface area (Å²) in [5.74, 6) is 0.807. The van der Waals surface area contributed by atoms with Gasteiger partial charge in [0.1, 0.15) is 6.33 Å². The van der Waals surface area contributed by atoms with Gasteiger partial charge in [-0.1, -0.05) is 33.2 Å². The molecule has 0 fully saturated rings. The van der Waals surface area contributed by atoms with Crippen molar-refractivity contribution in [2.75, 3.05) is 22.1 Å². The minimum absolute atomic E-state index is 0.140. The number of anilines is 4. The SMILES string of the molecule is O=C(Nc1cccc(Nc2ncnc(N3CCc4cc(Br)ccc4C3)n2)c1)c1ccno1. The Morgan fingerprint density at radius 2 is 1.97 bits per heavy atom. The summed E-state index contributed by atoms with van der Waals surface area (Å²) < 4.78 is 5.97. The maximum absolute atomic E-state index is 12.2. The monoisotopic (exact) mass is 491 g/mol. The summed E-state index contributed by atoms with van der Waals surface area (Å²) in [6, 6.07) is 15.1. The van der Waals surface area contributed by atoms with E-state index < -0.39 is 0 Å². The largest absolute Gasteiger partial charge is 0.351 e. The molecular weight excluding hydrogens is 474 g/mol. The summed E-state index contributed by atoms with van der Waals surface area (Å²) in [7, 11) is 0. The van der Waals surface area contributed by atoms with Crippen LogP contribution in [0.2, 0.25) is 0 Å². The lowest BCUT2D eigenvalue weighted by molar-refractivity contribution is 0.0988. The van der Waals surface area contributed by atoms with E-state index in [4.69, 9.17) is 4.52 Å². The Bertz CT molecular complexity index is 1260. The van der Waals surface area contributed by atoms with Gasteiger partial charge in [-0.2, -0.15) is 4.98 Å². The van der Waals surface area contributed by atoms with Gasteiger partial charge in [-0.15, -0.1) is 0 Å². The van der Waals surface area contributed by atoms with E-state index in [0.29, 0.717) is 17.6 Å². The van der Waals surface area contributed by atoms with Gasteiger partial charge < -0.3 is 20.1 Å². The molecule has 1 aliphatic heterocycles. The van der Waals surface area contributed by atoms with E-state index in [1.807, 2.05) is 12.1 Å². The first-order valence-electron chi connectivity index (χ1n) is 9.94. The molecule has 10 heteroatoms. The highest BCUT2D eigenvalue weighted by atomic mass is 79.9. The van der Waals surface area contributed by atoms with Crippen LogP contribution >= 0.6 is 15.9 Å². The second-order valence-electron chi connectivity index (χ2n) is 7.23. The molecule has 5 rings (SSSR count). The predicted molar refractivity (Wildman–Crippen MR) is 123 cm³/mol. The number of rotatable bonds is 5. The molecule has 2 aromatic carbocycles. The molecule has 0 radical (unpaired) electrons. The Morgan fingerprint density at radius 3 is 2.84 bits per heavy atom. The number of hydrogen-bond acceptors (Lipinski definition) is 8. The standard InChI is InChI=1S/C22H18BrN7O2/c23-16-5-4-15-12-30(9-7-14(15)10-16)22-25-13-24-21(29-22)28-18-3-1-2-17(11-18)27-20(31)19-6-8-26-32-19/h1-6,8,10-11,13H,7,9,12H2,(H,27,31)(H,24,25,28,29). The number of nitrogens with one attached hydrogen (secondary N) is 2. The lowest BCUT2D eigenvalue weighted by atomic mass is 10.0. The summed E-state index contributed by atoms with van der Waals surface area (Å²) in [5, 5.41) is 9.49. The average molecular weight is 492 g/mol. The summed E-state index contributed by atoms with van der Waals surface area (Å²) >= 11 is 3.53. The van der Waals surface area contributed by atoms with E-state index in [1.165, 1.54) is 29.7 Å². The van der Waals surface area contributed by atoms with Crippen molar-refractivity contribution in [3.05, 3.63) is 82.4 Å². The topological polar surface area (TPSA) is 109 Å². The second-order valence-corrected chi connectivity index (χ2v) is 8.15. The molecule has 1 aliphatic rings. The molecule has 32 heavy (non-hydrogen) atoms. The third kappa shape index (κ3) is 4.45. The molecule has 9 nitrogen and oxygen atoms in total. The number of carbonyl (C=O) groups is 1. The van der Waals surface area contributed by atoms with Crippen LogP contribution in [-0.4, -0.2) is 32.6 Å². The number of carbonyl (C=O) groups excluding carboxylic acids is 1. The summed E-state index contributed by atoms with van der Waals surface area (Å²) in [6.07, 6.45) is 3.85. The van der Waals surface area contributed by atoms with Gasteiger partial charge in [0.15, 0.2) is 0 Å². The molecule has 0 atom stereocenters. The van der Waals surface area contributed by atoms with Crippen molar-refractivity contribution in [3.8, 4) is 0 Å². The zero-order valence-corrected chi connectivity index (χ0v) is 18.4. The fraction of sp³-hybridized carbons (Fsp3) is 0.136. The molecular formula is C22H18BrN7O2. The lowest BCUT2D eigenvalue weighted by Crippen LogP contribution is -2.32. The van der Waals surface area contributed by atoms with Crippen molar-refractivity contribution < 1.29 is 9.32 Å². The predicted octanol–water partition coefficient (Wildman–Crippen LogP) is 4.18. The maximum atomic E-state index is 12.2. The minimum Gasteiger partial charge on any atom is -0.351 e. The second kappa shape index (κ2) is 8.75. The third-order valence-electron chi connectivity index (χ3n) is 5.06. The summed E-state index contributed by atoms with van der Waals surface area (Å²) in [5.41, 5.74) is 3.94. The van der Waals surface area contributed by atoms with Gasteiger partial charge in [-0.05, 0) is 47.9 Å². The highest BCUT2D eigenvalue weighted by molar-refractivity contribution is 9.10. The van der Waals surface area contributed by atoms with Gasteiger partial charge in [0.25, 0.3) is 5.91 Å². The molecule has 4 aromatic rings. The molecule has 1 amide bonds. The smallest absolute Gasteiger partial charge is 0.294 e. The molecule has 3 heterocycles. The summed E-state index contributed by atoms with van der Waals surface area (Å²) in [6.45, 7) is 1.57. The van der Waals surface area contributed by atoms with E-state index in [0.717, 1.165) is 29.7 Å². The van der Waals surface area contributed by atoms with Gasteiger partial charge >= 0.3 is 0 Å². The van der Waals surface area contributed by atoms with Crippen LogP contribution in [0.1, 0.15) is 21.7 Å². The number of amides is 1. The average Bonchev–Trinajstić information content (AvgIpc) is 3.34. The van der Waals surface area contributed by atoms with Crippen molar-refractivity contribution in [2.45, 2.75) is 13.0 Å². The van der Waals surface area contributed by atoms with Crippen LogP contribution in [0.3, 0.4) is 0 Å². The van der Waals surface area contributed by atoms with Crippen LogP contribution < -0.4 is 15.5 Å². The van der Waals surface area contributed by atoms with Gasteiger partial charge in [-0.25, -0.2) is 9.97 Å². The van der Waals surface area contributed by atoms with Crippen LogP contribution in [0.5, 0.6) is 0 Å². The number of nitrogens with zero attached hydrogens (tertiary/aromatic N) is 5. The molecule has 0 saturated carbocycles. The van der Waals surface area contributed by atoms with Gasteiger partial charge in [0.2, 0.25) is 17.7 Å². The fourth-order valence-corrected chi connectivity index (χ4v) is 3.93. The molecule has 0 saturated heterocycles. The zero-order valence-electron chi connectivity index (χ0n) is 16.8. The highest BCUT2D eigenvalue weighted by Crippen LogP contribution is 2.26. The highest BCUT2D eigenvalue weighted by Gasteiger charge is 2.19. The quantitative estimate of drug-likeness (QED) is 0.427. The van der Waals surface area contributed by atoms with E-state index >= 15 is 0 Å². The first kappa shape index (κ1) is 20.1. The Balaban J connectivity index is 1.29. The molecule has 0 bridgehead atoms. The van der Waals surface area contributed by atoms with E-state index in [9.17, 15) is 4.79 Å². The third-order valence-corrected chi connectivity index (χ3v) is 5.55. The molecule has 0 unspecified atom stereocenters. The molecule has 2 aromatic heterocycles. The Hall–Kier alpha value is -3.79. The molecule has 2 N–H and O–H groups in total. The van der Waals surface area contributed by atoms with Gasteiger partial charge in [0.05, 0.1) is 6.20 Å². The molecule has 0 spiro atoms. The van der Waals surface area contributed by atoms with Crippen molar-refractivity contribution in [3.63, 3.8) is 0 Å². The number of aromatic nitrogens is 4. The minimum atomic E-state index is -0.375. The lowest BCUT2D eigenvalue weighted by Gasteiger charge is -2.29. The summed E-state index contributed by atoms with van der Waals surface area (Å²) in [4.78, 5) is 27.5. The van der Waals surface area contributed by atoms with Crippen LogP contribution in [0, 0.1) is 0 Å². The Labute approximate surface area is 192 Å². The van der Waals surface area contributed by atoms with Crippen LogP contribution in [0.25, 0.3) is 0 Å². The normalized spacial score (nSPS) is 12.8. The fourth-order valence-electron chi connectivity index (χ4n) is 3.52. The van der Waals surface area contributed by atoms with Crippen molar-refractivity contribution in [2.24, 2.45) is 0 Å².